The van der Waals surface area contributed by atoms with Crippen LogP contribution in [0, 0.1) is 23.7 Å². The normalized spacial score (nSPS) is 32.8. The van der Waals surface area contributed by atoms with E-state index in [2.05, 4.69) is 0 Å². The van der Waals surface area contributed by atoms with Gasteiger partial charge in [0, 0.05) is 0 Å². The third kappa shape index (κ3) is 2.70. The number of esters is 1. The van der Waals surface area contributed by atoms with E-state index in [4.69, 9.17) is 4.74 Å². The lowest BCUT2D eigenvalue weighted by molar-refractivity contribution is -0.123. The maximum Gasteiger partial charge on any atom is 0.338 e. The second-order valence-corrected chi connectivity index (χ2v) is 8.61. The summed E-state index contributed by atoms with van der Waals surface area (Å²) in [4.78, 5) is 39.8. The largest absolute Gasteiger partial charge is 0.459 e. The predicted molar refractivity (Wildman–Crippen MR) is 99.0 cm³/mol. The molecule has 3 saturated carbocycles. The zero-order valence-electron chi connectivity index (χ0n) is 15.4. The van der Waals surface area contributed by atoms with Crippen molar-refractivity contribution >= 4 is 23.5 Å². The summed E-state index contributed by atoms with van der Waals surface area (Å²) in [5.74, 6) is -0.0712. The van der Waals surface area contributed by atoms with Crippen molar-refractivity contribution < 1.29 is 19.1 Å². The molecule has 4 atom stereocenters. The average molecular weight is 367 g/mol. The molecule has 1 aliphatic heterocycles. The molecule has 0 N–H and O–H groups in total. The topological polar surface area (TPSA) is 63.7 Å². The Morgan fingerprint density at radius 3 is 2.26 bits per heavy atom. The van der Waals surface area contributed by atoms with Gasteiger partial charge in [-0.3, -0.25) is 14.5 Å². The number of hydrogen-bond acceptors (Lipinski definition) is 4. The van der Waals surface area contributed by atoms with E-state index in [1.807, 2.05) is 0 Å². The molecule has 5 nitrogen and oxygen atoms in total. The Labute approximate surface area is 159 Å². The van der Waals surface area contributed by atoms with E-state index in [1.165, 1.54) is 11.3 Å². The van der Waals surface area contributed by atoms with Gasteiger partial charge in [-0.25, -0.2) is 4.79 Å². The highest BCUT2D eigenvalue weighted by atomic mass is 16.5. The molecular weight excluding hydrogens is 342 g/mol. The van der Waals surface area contributed by atoms with Crippen molar-refractivity contribution in [1.29, 1.82) is 0 Å². The molecule has 0 aromatic heterocycles. The number of ether oxygens (including phenoxy) is 1. The predicted octanol–water partition coefficient (Wildman–Crippen LogP) is 3.71. The SMILES string of the molecule is O=C(OC1CCCCC1)c1cccc(N2C(=O)[C@@H]3[C@H]4CC[C@@H](C4)[C@@H]3C2=O)c1. The fourth-order valence-electron chi connectivity index (χ4n) is 5.84. The van der Waals surface area contributed by atoms with Gasteiger partial charge in [-0.1, -0.05) is 12.5 Å². The molecule has 1 aromatic carbocycles. The Bertz CT molecular complexity index is 769. The zero-order valence-corrected chi connectivity index (χ0v) is 15.4. The highest BCUT2D eigenvalue weighted by Crippen LogP contribution is 2.56. The van der Waals surface area contributed by atoms with Gasteiger partial charge in [-0.2, -0.15) is 0 Å². The molecule has 27 heavy (non-hydrogen) atoms. The van der Waals surface area contributed by atoms with E-state index in [-0.39, 0.29) is 35.7 Å². The first kappa shape index (κ1) is 17.0. The molecule has 4 fully saturated rings. The Morgan fingerprint density at radius 2 is 1.59 bits per heavy atom. The van der Waals surface area contributed by atoms with Crippen LogP contribution in [0.3, 0.4) is 0 Å². The van der Waals surface area contributed by atoms with Crippen molar-refractivity contribution in [2.45, 2.75) is 57.5 Å². The number of hydrogen-bond donors (Lipinski definition) is 0. The summed E-state index contributed by atoms with van der Waals surface area (Å²) in [5.41, 5.74) is 0.926. The molecule has 5 heteroatoms. The number of anilines is 1. The van der Waals surface area contributed by atoms with E-state index in [0.29, 0.717) is 23.1 Å². The summed E-state index contributed by atoms with van der Waals surface area (Å²) in [6.07, 6.45) is 8.36. The van der Waals surface area contributed by atoms with Crippen LogP contribution in [0.15, 0.2) is 24.3 Å². The van der Waals surface area contributed by atoms with Crippen LogP contribution in [0.4, 0.5) is 5.69 Å². The molecule has 142 valence electrons. The Hall–Kier alpha value is -2.17. The van der Waals surface area contributed by atoms with Crippen LogP contribution in [0.2, 0.25) is 0 Å². The van der Waals surface area contributed by atoms with Gasteiger partial charge >= 0.3 is 5.97 Å². The van der Waals surface area contributed by atoms with Gasteiger partial charge in [0.1, 0.15) is 6.10 Å². The highest BCUT2D eigenvalue weighted by Gasteiger charge is 2.61. The zero-order chi connectivity index (χ0) is 18.5. The number of carbonyl (C=O) groups excluding carboxylic acids is 3. The molecule has 0 unspecified atom stereocenters. The lowest BCUT2D eigenvalue weighted by Crippen LogP contribution is -2.33. The molecule has 5 rings (SSSR count). The highest BCUT2D eigenvalue weighted by molar-refractivity contribution is 6.22. The van der Waals surface area contributed by atoms with Gasteiger partial charge < -0.3 is 4.74 Å². The maximum absolute atomic E-state index is 13.0. The van der Waals surface area contributed by atoms with Crippen LogP contribution >= 0.6 is 0 Å². The lowest BCUT2D eigenvalue weighted by Gasteiger charge is -2.22. The van der Waals surface area contributed by atoms with Crippen LogP contribution in [0.5, 0.6) is 0 Å². The summed E-state index contributed by atoms with van der Waals surface area (Å²) in [5, 5.41) is 0. The fourth-order valence-corrected chi connectivity index (χ4v) is 5.84. The van der Waals surface area contributed by atoms with Gasteiger partial charge in [0.15, 0.2) is 0 Å². The quantitative estimate of drug-likeness (QED) is 0.603. The number of amides is 2. The summed E-state index contributed by atoms with van der Waals surface area (Å²) < 4.78 is 5.64. The first-order chi connectivity index (χ1) is 13.1. The molecule has 0 radical (unpaired) electrons. The Morgan fingerprint density at radius 1 is 0.926 bits per heavy atom. The van der Waals surface area contributed by atoms with Crippen LogP contribution in [-0.2, 0) is 14.3 Å². The molecule has 1 aromatic rings. The molecule has 4 aliphatic rings. The number of rotatable bonds is 3. The second kappa shape index (κ2) is 6.47. The van der Waals surface area contributed by atoms with Crippen LogP contribution in [0.25, 0.3) is 0 Å². The molecule has 2 amide bonds. The number of imide groups is 1. The second-order valence-electron chi connectivity index (χ2n) is 8.61. The molecule has 1 heterocycles. The monoisotopic (exact) mass is 367 g/mol. The van der Waals surface area contributed by atoms with Crippen molar-refractivity contribution in [1.82, 2.24) is 0 Å². The minimum absolute atomic E-state index is 0.0139. The fraction of sp³-hybridized carbons (Fsp3) is 0.591. The molecule has 3 aliphatic carbocycles. The van der Waals surface area contributed by atoms with Crippen molar-refractivity contribution in [3.63, 3.8) is 0 Å². The summed E-state index contributed by atoms with van der Waals surface area (Å²) in [7, 11) is 0. The van der Waals surface area contributed by atoms with E-state index >= 15 is 0 Å². The van der Waals surface area contributed by atoms with E-state index in [9.17, 15) is 14.4 Å². The average Bonchev–Trinajstić information content (AvgIpc) is 3.36. The molecular formula is C22H25NO4. The lowest BCUT2D eigenvalue weighted by atomic mass is 9.81. The van der Waals surface area contributed by atoms with Crippen LogP contribution in [0.1, 0.15) is 61.7 Å². The van der Waals surface area contributed by atoms with Crippen molar-refractivity contribution in [3.8, 4) is 0 Å². The third-order valence-corrected chi connectivity index (χ3v) is 7.09. The van der Waals surface area contributed by atoms with E-state index < -0.39 is 0 Å². The minimum Gasteiger partial charge on any atom is -0.459 e. The summed E-state index contributed by atoms with van der Waals surface area (Å²) in [6.45, 7) is 0. The number of fused-ring (bicyclic) bond motifs is 5. The molecule has 0 spiro atoms. The van der Waals surface area contributed by atoms with Gasteiger partial charge in [0.25, 0.3) is 0 Å². The molecule has 1 saturated heterocycles. The molecule has 2 bridgehead atoms. The van der Waals surface area contributed by atoms with Crippen LogP contribution in [-0.4, -0.2) is 23.9 Å². The Kier molecular flexibility index (Phi) is 4.06. The van der Waals surface area contributed by atoms with Gasteiger partial charge in [0.2, 0.25) is 11.8 Å². The van der Waals surface area contributed by atoms with Crippen LogP contribution < -0.4 is 4.90 Å². The third-order valence-electron chi connectivity index (χ3n) is 7.09. The summed E-state index contributed by atoms with van der Waals surface area (Å²) in [6, 6.07) is 6.82. The maximum atomic E-state index is 13.0. The van der Waals surface area contributed by atoms with E-state index in [0.717, 1.165) is 44.9 Å². The van der Waals surface area contributed by atoms with Crippen molar-refractivity contribution in [3.05, 3.63) is 29.8 Å². The van der Waals surface area contributed by atoms with Gasteiger partial charge in [0.05, 0.1) is 23.1 Å². The van der Waals surface area contributed by atoms with E-state index in [1.54, 1.807) is 24.3 Å². The Balaban J connectivity index is 1.37. The van der Waals surface area contributed by atoms with Crippen molar-refractivity contribution in [2.75, 3.05) is 4.90 Å². The number of benzene rings is 1. The first-order valence-corrected chi connectivity index (χ1v) is 10.3. The van der Waals surface area contributed by atoms with Gasteiger partial charge in [-0.15, -0.1) is 0 Å². The summed E-state index contributed by atoms with van der Waals surface area (Å²) >= 11 is 0. The first-order valence-electron chi connectivity index (χ1n) is 10.3. The van der Waals surface area contributed by atoms with Gasteiger partial charge in [-0.05, 0) is 75.0 Å². The minimum atomic E-state index is -0.358. The van der Waals surface area contributed by atoms with Crippen molar-refractivity contribution in [2.24, 2.45) is 23.7 Å². The number of nitrogens with zero attached hydrogens (tertiary/aromatic N) is 1. The smallest absolute Gasteiger partial charge is 0.338 e. The standard InChI is InChI=1S/C22H25NO4/c24-20-18-13-9-10-14(11-13)19(18)21(25)23(20)16-6-4-5-15(12-16)22(26)27-17-7-2-1-3-8-17/h4-6,12-14,17-19H,1-3,7-11H2/t13-,14-,18-,19+/m0/s1. The number of carbonyl (C=O) groups is 3.